The minimum Gasteiger partial charge on any atom is -0.508 e. The number of phenolic OH excluding ortho intramolecular Hbond substituents is 2. The van der Waals surface area contributed by atoms with Crippen molar-refractivity contribution < 1.29 is 15.3 Å². The van der Waals surface area contributed by atoms with Gasteiger partial charge in [0, 0.05) is 6.61 Å². The predicted molar refractivity (Wildman–Crippen MR) is 105 cm³/mol. The lowest BCUT2D eigenvalue weighted by Gasteiger charge is -2.18. The van der Waals surface area contributed by atoms with Gasteiger partial charge in [-0.3, -0.25) is 0 Å². The molecule has 3 rings (SSSR count). The van der Waals surface area contributed by atoms with Gasteiger partial charge < -0.3 is 15.3 Å². The van der Waals surface area contributed by atoms with Crippen LogP contribution < -0.4 is 0 Å². The van der Waals surface area contributed by atoms with Crippen LogP contribution in [0.3, 0.4) is 0 Å². The monoisotopic (exact) mass is 348 g/mol. The van der Waals surface area contributed by atoms with Crippen LogP contribution in [0.2, 0.25) is 0 Å². The average Bonchev–Trinajstić information content (AvgIpc) is 3.18. The van der Waals surface area contributed by atoms with Crippen molar-refractivity contribution >= 4 is 5.57 Å². The fourth-order valence-corrected chi connectivity index (χ4v) is 3.30. The molecule has 0 bridgehead atoms. The summed E-state index contributed by atoms with van der Waals surface area (Å²) >= 11 is 0. The molecule has 0 spiro atoms. The minimum absolute atomic E-state index is 0.193. The van der Waals surface area contributed by atoms with Gasteiger partial charge in [0.25, 0.3) is 0 Å². The molecule has 0 radical (unpaired) electrons. The lowest BCUT2D eigenvalue weighted by Crippen LogP contribution is -1.99. The van der Waals surface area contributed by atoms with E-state index in [4.69, 9.17) is 0 Å². The summed E-state index contributed by atoms with van der Waals surface area (Å²) in [6.07, 6.45) is 9.80. The third kappa shape index (κ3) is 4.24. The quantitative estimate of drug-likeness (QED) is 0.621. The van der Waals surface area contributed by atoms with Crippen LogP contribution in [-0.4, -0.2) is 21.9 Å². The summed E-state index contributed by atoms with van der Waals surface area (Å²) in [6.45, 7) is 0.193. The molecule has 2 aromatic carbocycles. The number of unbranched alkanes of at least 4 members (excludes halogenated alkanes) is 1. The van der Waals surface area contributed by atoms with Crippen LogP contribution in [0.15, 0.2) is 77.9 Å². The van der Waals surface area contributed by atoms with E-state index in [2.05, 4.69) is 18.2 Å². The van der Waals surface area contributed by atoms with Gasteiger partial charge in [-0.05, 0) is 77.8 Å². The SMILES string of the molecule is OCCCCC(C1=CC=CC1)=C(c1ccc(O)cc1)c1ccc(O)cc1. The fourth-order valence-electron chi connectivity index (χ4n) is 3.30. The Morgan fingerprint density at radius 1 is 0.808 bits per heavy atom. The zero-order valence-corrected chi connectivity index (χ0v) is 14.7. The summed E-state index contributed by atoms with van der Waals surface area (Å²) < 4.78 is 0. The first-order chi connectivity index (χ1) is 12.7. The molecule has 0 aromatic heterocycles. The van der Waals surface area contributed by atoms with Crippen LogP contribution in [-0.2, 0) is 0 Å². The lowest BCUT2D eigenvalue weighted by molar-refractivity contribution is 0.284. The lowest BCUT2D eigenvalue weighted by atomic mass is 9.86. The van der Waals surface area contributed by atoms with Gasteiger partial charge in [0.05, 0.1) is 0 Å². The van der Waals surface area contributed by atoms with Gasteiger partial charge in [-0.2, -0.15) is 0 Å². The van der Waals surface area contributed by atoms with Crippen molar-refractivity contribution in [1.29, 1.82) is 0 Å². The predicted octanol–water partition coefficient (Wildman–Crippen LogP) is 4.95. The Labute approximate surface area is 154 Å². The van der Waals surface area contributed by atoms with Gasteiger partial charge >= 0.3 is 0 Å². The Morgan fingerprint density at radius 2 is 1.38 bits per heavy atom. The van der Waals surface area contributed by atoms with Crippen molar-refractivity contribution in [1.82, 2.24) is 0 Å². The topological polar surface area (TPSA) is 60.7 Å². The Kier molecular flexibility index (Phi) is 5.92. The van der Waals surface area contributed by atoms with E-state index in [9.17, 15) is 15.3 Å². The summed E-state index contributed by atoms with van der Waals surface area (Å²) in [5, 5.41) is 28.5. The van der Waals surface area contributed by atoms with E-state index in [1.165, 1.54) is 11.1 Å². The molecule has 0 fully saturated rings. The van der Waals surface area contributed by atoms with Crippen LogP contribution in [0, 0.1) is 0 Å². The standard InChI is InChI=1S/C23H24O3/c24-16-4-3-7-22(17-5-1-2-6-17)23(18-8-12-20(25)13-9-18)19-10-14-21(26)15-11-19/h1-2,5,8-15,24-26H,3-4,6-7,16H2. The first kappa shape index (κ1) is 18.0. The summed E-state index contributed by atoms with van der Waals surface area (Å²) in [5.74, 6) is 0.477. The molecule has 0 saturated carbocycles. The highest BCUT2D eigenvalue weighted by Gasteiger charge is 2.16. The molecular formula is C23H24O3. The van der Waals surface area contributed by atoms with Gasteiger partial charge in [-0.15, -0.1) is 0 Å². The smallest absolute Gasteiger partial charge is 0.115 e. The molecule has 2 aromatic rings. The third-order valence-electron chi connectivity index (χ3n) is 4.61. The van der Waals surface area contributed by atoms with E-state index < -0.39 is 0 Å². The van der Waals surface area contributed by atoms with E-state index in [0.29, 0.717) is 0 Å². The second-order valence-electron chi connectivity index (χ2n) is 6.45. The molecule has 134 valence electrons. The van der Waals surface area contributed by atoms with Crippen LogP contribution in [0.5, 0.6) is 11.5 Å². The maximum Gasteiger partial charge on any atom is 0.115 e. The van der Waals surface area contributed by atoms with Gasteiger partial charge in [-0.25, -0.2) is 0 Å². The normalized spacial score (nSPS) is 12.9. The molecule has 1 aliphatic rings. The number of aromatic hydroxyl groups is 2. The molecule has 3 nitrogen and oxygen atoms in total. The maximum absolute atomic E-state index is 9.67. The highest BCUT2D eigenvalue weighted by Crippen LogP contribution is 2.36. The fraction of sp³-hybridized carbons (Fsp3) is 0.217. The average molecular weight is 348 g/mol. The molecule has 1 aliphatic carbocycles. The van der Waals surface area contributed by atoms with Crippen molar-refractivity contribution in [3.63, 3.8) is 0 Å². The van der Waals surface area contributed by atoms with Gasteiger partial charge in [0.2, 0.25) is 0 Å². The third-order valence-corrected chi connectivity index (χ3v) is 4.61. The Balaban J connectivity index is 2.14. The Hall–Kier alpha value is -2.78. The zero-order chi connectivity index (χ0) is 18.4. The first-order valence-corrected chi connectivity index (χ1v) is 8.98. The van der Waals surface area contributed by atoms with Crippen molar-refractivity contribution in [2.45, 2.75) is 25.7 Å². The van der Waals surface area contributed by atoms with Crippen LogP contribution in [0.25, 0.3) is 5.57 Å². The van der Waals surface area contributed by atoms with Crippen molar-refractivity contribution in [3.8, 4) is 11.5 Å². The van der Waals surface area contributed by atoms with Crippen molar-refractivity contribution in [2.24, 2.45) is 0 Å². The zero-order valence-electron chi connectivity index (χ0n) is 14.7. The molecule has 0 unspecified atom stereocenters. The number of allylic oxidation sites excluding steroid dienone is 5. The number of rotatable bonds is 7. The van der Waals surface area contributed by atoms with Crippen LogP contribution in [0.1, 0.15) is 36.8 Å². The molecular weight excluding hydrogens is 324 g/mol. The first-order valence-electron chi connectivity index (χ1n) is 8.98. The van der Waals surface area contributed by atoms with Crippen molar-refractivity contribution in [3.05, 3.63) is 89.0 Å². The van der Waals surface area contributed by atoms with Crippen LogP contribution in [0.4, 0.5) is 0 Å². The number of hydrogen-bond donors (Lipinski definition) is 3. The maximum atomic E-state index is 9.67. The van der Waals surface area contributed by atoms with E-state index in [-0.39, 0.29) is 18.1 Å². The molecule has 3 N–H and O–H groups in total. The minimum atomic E-state index is 0.193. The Morgan fingerprint density at radius 3 is 1.85 bits per heavy atom. The summed E-state index contributed by atoms with van der Waals surface area (Å²) in [7, 11) is 0. The molecule has 0 atom stereocenters. The Bertz CT molecular complexity index is 777. The molecule has 3 heteroatoms. The molecule has 0 amide bonds. The number of benzene rings is 2. The van der Waals surface area contributed by atoms with Gasteiger partial charge in [-0.1, -0.05) is 42.5 Å². The summed E-state index contributed by atoms with van der Waals surface area (Å²) in [5.41, 5.74) is 5.69. The highest BCUT2D eigenvalue weighted by atomic mass is 16.3. The largest absolute Gasteiger partial charge is 0.508 e. The van der Waals surface area contributed by atoms with E-state index in [0.717, 1.165) is 42.4 Å². The number of hydrogen-bond acceptors (Lipinski definition) is 3. The van der Waals surface area contributed by atoms with E-state index in [1.54, 1.807) is 24.3 Å². The molecule has 0 saturated heterocycles. The van der Waals surface area contributed by atoms with Gasteiger partial charge in [0.1, 0.15) is 11.5 Å². The second-order valence-corrected chi connectivity index (χ2v) is 6.45. The summed E-state index contributed by atoms with van der Waals surface area (Å²) in [4.78, 5) is 0. The number of phenols is 2. The molecule has 0 aliphatic heterocycles. The highest BCUT2D eigenvalue weighted by molar-refractivity contribution is 5.85. The van der Waals surface area contributed by atoms with Crippen LogP contribution >= 0.6 is 0 Å². The summed E-state index contributed by atoms with van der Waals surface area (Å²) in [6, 6.07) is 14.5. The second kappa shape index (κ2) is 8.54. The number of aliphatic hydroxyl groups is 1. The van der Waals surface area contributed by atoms with E-state index in [1.807, 2.05) is 24.3 Å². The van der Waals surface area contributed by atoms with Crippen molar-refractivity contribution in [2.75, 3.05) is 6.61 Å². The molecule has 0 heterocycles. The van der Waals surface area contributed by atoms with E-state index >= 15 is 0 Å². The van der Waals surface area contributed by atoms with Gasteiger partial charge in [0.15, 0.2) is 0 Å². The number of aliphatic hydroxyl groups excluding tert-OH is 1. The molecule has 26 heavy (non-hydrogen) atoms.